The molecule has 6 nitrogen and oxygen atoms in total. The third-order valence-electron chi connectivity index (χ3n) is 3.83. The van der Waals surface area contributed by atoms with Gasteiger partial charge in [0.25, 0.3) is 5.91 Å². The molecule has 0 aliphatic heterocycles. The first-order valence-electron chi connectivity index (χ1n) is 7.85. The molecule has 1 aromatic heterocycles. The predicted molar refractivity (Wildman–Crippen MR) is 94.5 cm³/mol. The van der Waals surface area contributed by atoms with Crippen molar-refractivity contribution in [2.45, 2.75) is 33.4 Å². The maximum atomic E-state index is 12.1. The van der Waals surface area contributed by atoms with Crippen molar-refractivity contribution < 1.29 is 19.4 Å². The van der Waals surface area contributed by atoms with Crippen molar-refractivity contribution in [3.63, 3.8) is 0 Å². The van der Waals surface area contributed by atoms with Crippen molar-refractivity contribution in [2.24, 2.45) is 0 Å². The van der Waals surface area contributed by atoms with E-state index in [1.54, 1.807) is 39.0 Å². The summed E-state index contributed by atoms with van der Waals surface area (Å²) in [4.78, 5) is 26.9. The second-order valence-electron chi connectivity index (χ2n) is 5.82. The van der Waals surface area contributed by atoms with Crippen LogP contribution in [0.3, 0.4) is 0 Å². The van der Waals surface area contributed by atoms with Gasteiger partial charge in [-0.15, -0.1) is 0 Å². The van der Waals surface area contributed by atoms with Gasteiger partial charge in [-0.2, -0.15) is 0 Å². The van der Waals surface area contributed by atoms with E-state index in [-0.39, 0.29) is 12.3 Å². The third kappa shape index (κ3) is 4.84. The number of H-pyrrole nitrogens is 1. The molecule has 0 bridgehead atoms. The Balaban J connectivity index is 1.89. The monoisotopic (exact) mass is 364 g/mol. The Bertz CT molecular complexity index is 783. The summed E-state index contributed by atoms with van der Waals surface area (Å²) in [5.74, 6) is -1.05. The lowest BCUT2D eigenvalue weighted by Crippen LogP contribution is -2.28. The highest BCUT2D eigenvalue weighted by Gasteiger charge is 2.21. The molecule has 1 amide bonds. The second-order valence-corrected chi connectivity index (χ2v) is 6.26. The van der Waals surface area contributed by atoms with Crippen LogP contribution in [0.4, 0.5) is 0 Å². The lowest BCUT2D eigenvalue weighted by Gasteiger charge is -2.07. The zero-order valence-electron chi connectivity index (χ0n) is 14.4. The fraction of sp³-hybridized carbons (Fsp3) is 0.333. The van der Waals surface area contributed by atoms with E-state index in [0.29, 0.717) is 28.4 Å². The van der Waals surface area contributed by atoms with E-state index in [0.717, 1.165) is 5.56 Å². The Morgan fingerprint density at radius 3 is 2.68 bits per heavy atom. The average Bonchev–Trinajstić information content (AvgIpc) is 2.85. The van der Waals surface area contributed by atoms with Gasteiger partial charge in [-0.25, -0.2) is 4.79 Å². The number of aryl methyl sites for hydroxylation is 1. The molecule has 2 rings (SSSR count). The van der Waals surface area contributed by atoms with Gasteiger partial charge in [-0.1, -0.05) is 23.7 Å². The SMILES string of the molecule is Cc1[nH]c(C(=O)OCC(=O)NCc2cccc(Cl)c2)c(C)c1[C@@H](C)O. The van der Waals surface area contributed by atoms with Crippen LogP contribution in [0.25, 0.3) is 0 Å². The maximum Gasteiger partial charge on any atom is 0.355 e. The standard InChI is InChI=1S/C18H21ClN2O4/c1-10-16(12(3)22)11(2)21-17(10)18(24)25-9-15(23)20-8-13-5-4-6-14(19)7-13/h4-7,12,21-22H,8-9H2,1-3H3,(H,20,23)/t12-/m1/s1. The molecule has 0 saturated carbocycles. The Morgan fingerprint density at radius 2 is 2.08 bits per heavy atom. The zero-order chi connectivity index (χ0) is 18.6. The predicted octanol–water partition coefficient (Wildman–Crippen LogP) is 2.81. The minimum Gasteiger partial charge on any atom is -0.451 e. The first kappa shape index (κ1) is 19.0. The molecule has 0 aliphatic carbocycles. The van der Waals surface area contributed by atoms with Gasteiger partial charge in [0.15, 0.2) is 6.61 Å². The van der Waals surface area contributed by atoms with E-state index in [9.17, 15) is 14.7 Å². The molecule has 0 fully saturated rings. The van der Waals surface area contributed by atoms with Gasteiger partial charge >= 0.3 is 5.97 Å². The number of hydrogen-bond acceptors (Lipinski definition) is 4. The second kappa shape index (κ2) is 8.18. The molecule has 1 heterocycles. The first-order valence-corrected chi connectivity index (χ1v) is 8.22. The normalized spacial score (nSPS) is 11.9. The van der Waals surface area contributed by atoms with E-state index in [1.807, 2.05) is 6.07 Å². The van der Waals surface area contributed by atoms with Crippen LogP contribution in [0, 0.1) is 13.8 Å². The van der Waals surface area contributed by atoms with E-state index in [1.165, 1.54) is 0 Å². The van der Waals surface area contributed by atoms with Crippen molar-refractivity contribution in [3.05, 3.63) is 57.4 Å². The van der Waals surface area contributed by atoms with Crippen LogP contribution in [-0.2, 0) is 16.1 Å². The minimum atomic E-state index is -0.696. The van der Waals surface area contributed by atoms with Crippen LogP contribution < -0.4 is 5.32 Å². The largest absolute Gasteiger partial charge is 0.451 e. The van der Waals surface area contributed by atoms with E-state index >= 15 is 0 Å². The van der Waals surface area contributed by atoms with E-state index in [4.69, 9.17) is 16.3 Å². The minimum absolute atomic E-state index is 0.246. The number of carbonyl (C=O) groups is 2. The number of ether oxygens (including phenoxy) is 1. The molecular formula is C18H21ClN2O4. The number of aromatic nitrogens is 1. The average molecular weight is 365 g/mol. The van der Waals surface area contributed by atoms with Crippen molar-refractivity contribution in [2.75, 3.05) is 6.61 Å². The topological polar surface area (TPSA) is 91.4 Å². The number of aliphatic hydroxyl groups excluding tert-OH is 1. The molecule has 0 radical (unpaired) electrons. The number of hydrogen-bond donors (Lipinski definition) is 3. The van der Waals surface area contributed by atoms with Gasteiger partial charge in [0.1, 0.15) is 5.69 Å². The fourth-order valence-electron chi connectivity index (χ4n) is 2.70. The number of carbonyl (C=O) groups excluding carboxylic acids is 2. The fourth-order valence-corrected chi connectivity index (χ4v) is 2.91. The van der Waals surface area contributed by atoms with E-state index in [2.05, 4.69) is 10.3 Å². The Labute approximate surface area is 151 Å². The van der Waals surface area contributed by atoms with Crippen LogP contribution in [0.15, 0.2) is 24.3 Å². The maximum absolute atomic E-state index is 12.1. The van der Waals surface area contributed by atoms with Gasteiger partial charge in [0.05, 0.1) is 6.10 Å². The smallest absolute Gasteiger partial charge is 0.355 e. The molecule has 0 spiro atoms. The van der Waals surface area contributed by atoms with Gasteiger partial charge < -0.3 is 20.1 Å². The molecule has 0 unspecified atom stereocenters. The van der Waals surface area contributed by atoms with Crippen LogP contribution in [0.1, 0.15) is 45.9 Å². The van der Waals surface area contributed by atoms with Gasteiger partial charge in [0, 0.05) is 22.8 Å². The number of esters is 1. The van der Waals surface area contributed by atoms with Crippen LogP contribution in [0.5, 0.6) is 0 Å². The number of aromatic amines is 1. The molecular weight excluding hydrogens is 344 g/mol. The summed E-state index contributed by atoms with van der Waals surface area (Å²) >= 11 is 5.88. The quantitative estimate of drug-likeness (QED) is 0.687. The number of amides is 1. The van der Waals surface area contributed by atoms with Crippen LogP contribution in [0.2, 0.25) is 5.02 Å². The highest BCUT2D eigenvalue weighted by Crippen LogP contribution is 2.24. The van der Waals surface area contributed by atoms with Crippen molar-refractivity contribution in [1.82, 2.24) is 10.3 Å². The molecule has 0 saturated heterocycles. The molecule has 1 aromatic carbocycles. The zero-order valence-corrected chi connectivity index (χ0v) is 15.1. The summed E-state index contributed by atoms with van der Waals surface area (Å²) in [5, 5.41) is 13.0. The number of benzene rings is 1. The van der Waals surface area contributed by atoms with Crippen molar-refractivity contribution in [3.8, 4) is 0 Å². The molecule has 134 valence electrons. The Kier molecular flexibility index (Phi) is 6.22. The first-order chi connectivity index (χ1) is 11.8. The van der Waals surface area contributed by atoms with E-state index < -0.39 is 18.0 Å². The molecule has 2 aromatic rings. The summed E-state index contributed by atoms with van der Waals surface area (Å²) < 4.78 is 5.04. The highest BCUT2D eigenvalue weighted by atomic mass is 35.5. The van der Waals surface area contributed by atoms with Gasteiger partial charge in [-0.05, 0) is 44.0 Å². The summed E-state index contributed by atoms with van der Waals surface area (Å²) in [5.41, 5.74) is 3.08. The summed E-state index contributed by atoms with van der Waals surface area (Å²) in [6, 6.07) is 7.12. The van der Waals surface area contributed by atoms with Gasteiger partial charge in [0.2, 0.25) is 0 Å². The molecule has 25 heavy (non-hydrogen) atoms. The molecule has 7 heteroatoms. The van der Waals surface area contributed by atoms with Crippen molar-refractivity contribution in [1.29, 1.82) is 0 Å². The summed E-state index contributed by atoms with van der Waals surface area (Å²) in [7, 11) is 0. The lowest BCUT2D eigenvalue weighted by molar-refractivity contribution is -0.124. The van der Waals surface area contributed by atoms with Gasteiger partial charge in [-0.3, -0.25) is 4.79 Å². The Morgan fingerprint density at radius 1 is 1.36 bits per heavy atom. The Hall–Kier alpha value is -2.31. The summed E-state index contributed by atoms with van der Waals surface area (Å²) in [6.07, 6.45) is -0.696. The number of nitrogens with one attached hydrogen (secondary N) is 2. The lowest BCUT2D eigenvalue weighted by atomic mass is 10.1. The molecule has 3 N–H and O–H groups in total. The van der Waals surface area contributed by atoms with Crippen molar-refractivity contribution >= 4 is 23.5 Å². The number of aliphatic hydroxyl groups is 1. The third-order valence-corrected chi connectivity index (χ3v) is 4.07. The summed E-state index contributed by atoms with van der Waals surface area (Å²) in [6.45, 7) is 5.02. The number of rotatable bonds is 6. The van der Waals surface area contributed by atoms with Crippen LogP contribution in [-0.4, -0.2) is 28.6 Å². The molecule has 1 atom stereocenters. The van der Waals surface area contributed by atoms with Crippen LogP contribution >= 0.6 is 11.6 Å². The highest BCUT2D eigenvalue weighted by molar-refractivity contribution is 6.30. The number of halogens is 1. The molecule has 0 aliphatic rings.